The maximum Gasteiger partial charge on any atom is 0.214 e. The van der Waals surface area contributed by atoms with E-state index in [4.69, 9.17) is 4.98 Å². The van der Waals surface area contributed by atoms with E-state index in [-0.39, 0.29) is 5.41 Å². The van der Waals surface area contributed by atoms with Gasteiger partial charge in [0, 0.05) is 17.3 Å². The van der Waals surface area contributed by atoms with Gasteiger partial charge in [0.2, 0.25) is 10.1 Å². The Hall–Kier alpha value is -1.40. The van der Waals surface area contributed by atoms with Crippen molar-refractivity contribution in [1.29, 1.82) is 0 Å². The minimum Gasteiger partial charge on any atom is -0.345 e. The Labute approximate surface area is 133 Å². The molecule has 0 atom stereocenters. The van der Waals surface area contributed by atoms with E-state index < -0.39 is 0 Å². The summed E-state index contributed by atoms with van der Waals surface area (Å²) in [7, 11) is 2.09. The van der Waals surface area contributed by atoms with Gasteiger partial charge in [0.25, 0.3) is 0 Å². The molecule has 0 spiro atoms. The molecule has 0 bridgehead atoms. The molecule has 0 N–H and O–H groups in total. The van der Waals surface area contributed by atoms with E-state index in [0.29, 0.717) is 0 Å². The Morgan fingerprint density at radius 2 is 2.10 bits per heavy atom. The molecule has 0 radical (unpaired) electrons. The molecule has 3 aromatic rings. The summed E-state index contributed by atoms with van der Waals surface area (Å²) in [4.78, 5) is 9.24. The number of hydrogen-bond donors (Lipinski definition) is 0. The second-order valence-corrected chi connectivity index (χ2v) is 8.31. The van der Waals surface area contributed by atoms with Crippen molar-refractivity contribution >= 4 is 32.8 Å². The molecular formula is C15H20N4S2. The quantitative estimate of drug-likeness (QED) is 0.728. The van der Waals surface area contributed by atoms with Crippen molar-refractivity contribution in [3.05, 3.63) is 33.8 Å². The molecule has 0 aliphatic carbocycles. The molecule has 3 aromatic heterocycles. The number of rotatable bonds is 3. The average molecular weight is 320 g/mol. The Kier molecular flexibility index (Phi) is 3.53. The SMILES string of the molecule is Cc1ccsc1CN(C)c1nn2cc(C(C)(C)C)nc2s1. The highest BCUT2D eigenvalue weighted by Gasteiger charge is 2.20. The molecular weight excluding hydrogens is 300 g/mol. The number of imidazole rings is 1. The lowest BCUT2D eigenvalue weighted by Crippen LogP contribution is -2.16. The van der Waals surface area contributed by atoms with Gasteiger partial charge in [0.1, 0.15) is 0 Å². The number of nitrogens with zero attached hydrogens (tertiary/aromatic N) is 4. The molecule has 21 heavy (non-hydrogen) atoms. The van der Waals surface area contributed by atoms with Crippen molar-refractivity contribution in [1.82, 2.24) is 14.6 Å². The van der Waals surface area contributed by atoms with Gasteiger partial charge in [-0.05, 0) is 23.9 Å². The molecule has 6 heteroatoms. The van der Waals surface area contributed by atoms with Gasteiger partial charge in [0.05, 0.1) is 18.4 Å². The van der Waals surface area contributed by atoms with Crippen molar-refractivity contribution in [2.45, 2.75) is 39.7 Å². The summed E-state index contributed by atoms with van der Waals surface area (Å²) < 4.78 is 1.90. The molecule has 4 nitrogen and oxygen atoms in total. The van der Waals surface area contributed by atoms with Gasteiger partial charge >= 0.3 is 0 Å². The van der Waals surface area contributed by atoms with E-state index in [2.05, 4.69) is 56.2 Å². The predicted octanol–water partition coefficient (Wildman–Crippen LogP) is 4.09. The van der Waals surface area contributed by atoms with Gasteiger partial charge in [-0.1, -0.05) is 32.1 Å². The fraction of sp³-hybridized carbons (Fsp3) is 0.467. The Morgan fingerprint density at radius 3 is 2.67 bits per heavy atom. The molecule has 3 heterocycles. The number of anilines is 1. The smallest absolute Gasteiger partial charge is 0.214 e. The van der Waals surface area contributed by atoms with Crippen LogP contribution in [0.1, 0.15) is 36.9 Å². The van der Waals surface area contributed by atoms with Gasteiger partial charge in [0.15, 0.2) is 0 Å². The van der Waals surface area contributed by atoms with Crippen molar-refractivity contribution in [3.8, 4) is 0 Å². The van der Waals surface area contributed by atoms with Crippen molar-refractivity contribution in [3.63, 3.8) is 0 Å². The third-order valence-corrected chi connectivity index (χ3v) is 5.52. The average Bonchev–Trinajstić information content (AvgIpc) is 3.02. The maximum absolute atomic E-state index is 4.70. The van der Waals surface area contributed by atoms with Crippen molar-refractivity contribution in [2.75, 3.05) is 11.9 Å². The Bertz CT molecular complexity index is 729. The Morgan fingerprint density at radius 1 is 1.33 bits per heavy atom. The first-order chi connectivity index (χ1) is 9.84. The van der Waals surface area contributed by atoms with Crippen LogP contribution in [0.15, 0.2) is 17.6 Å². The summed E-state index contributed by atoms with van der Waals surface area (Å²) in [6, 6.07) is 2.16. The fourth-order valence-corrected chi connectivity index (χ4v) is 3.86. The monoisotopic (exact) mass is 320 g/mol. The normalized spacial score (nSPS) is 12.2. The van der Waals surface area contributed by atoms with Crippen LogP contribution in [0.3, 0.4) is 0 Å². The van der Waals surface area contributed by atoms with Crippen LogP contribution in [0.5, 0.6) is 0 Å². The lowest BCUT2D eigenvalue weighted by molar-refractivity contribution is 0.572. The molecule has 0 aliphatic heterocycles. The van der Waals surface area contributed by atoms with Crippen LogP contribution in [-0.2, 0) is 12.0 Å². The predicted molar refractivity (Wildman–Crippen MR) is 90.7 cm³/mol. The minimum atomic E-state index is 0.0631. The summed E-state index contributed by atoms with van der Waals surface area (Å²) in [5, 5.41) is 7.81. The van der Waals surface area contributed by atoms with E-state index in [1.165, 1.54) is 10.4 Å². The molecule has 0 saturated heterocycles. The van der Waals surface area contributed by atoms with Crippen LogP contribution in [0.4, 0.5) is 5.13 Å². The van der Waals surface area contributed by atoms with Gasteiger partial charge in [-0.3, -0.25) is 0 Å². The highest BCUT2D eigenvalue weighted by Crippen LogP contribution is 2.28. The van der Waals surface area contributed by atoms with Crippen molar-refractivity contribution < 1.29 is 0 Å². The van der Waals surface area contributed by atoms with E-state index in [9.17, 15) is 0 Å². The third kappa shape index (κ3) is 2.82. The second kappa shape index (κ2) is 5.10. The second-order valence-electron chi connectivity index (χ2n) is 6.37. The largest absolute Gasteiger partial charge is 0.345 e. The molecule has 112 valence electrons. The van der Waals surface area contributed by atoms with Crippen LogP contribution in [0, 0.1) is 6.92 Å². The van der Waals surface area contributed by atoms with Crippen LogP contribution >= 0.6 is 22.7 Å². The third-order valence-electron chi connectivity index (χ3n) is 3.48. The molecule has 3 rings (SSSR count). The molecule has 0 saturated carbocycles. The van der Waals surface area contributed by atoms with E-state index in [1.54, 1.807) is 22.7 Å². The minimum absolute atomic E-state index is 0.0631. The first-order valence-electron chi connectivity index (χ1n) is 6.95. The zero-order chi connectivity index (χ0) is 15.2. The first kappa shape index (κ1) is 14.5. The van der Waals surface area contributed by atoms with Crippen molar-refractivity contribution in [2.24, 2.45) is 0 Å². The van der Waals surface area contributed by atoms with Gasteiger partial charge < -0.3 is 4.90 Å². The number of fused-ring (bicyclic) bond motifs is 1. The zero-order valence-corrected chi connectivity index (χ0v) is 14.7. The highest BCUT2D eigenvalue weighted by molar-refractivity contribution is 7.20. The summed E-state index contributed by atoms with van der Waals surface area (Å²) in [5.74, 6) is 0. The summed E-state index contributed by atoms with van der Waals surface area (Å²) in [6.07, 6.45) is 2.04. The Balaban J connectivity index is 1.84. The van der Waals surface area contributed by atoms with E-state index in [0.717, 1.165) is 22.3 Å². The molecule has 0 aromatic carbocycles. The standard InChI is InChI=1S/C15H20N4S2/c1-10-6-7-20-11(10)8-18(5)14-17-19-9-12(15(2,3)4)16-13(19)21-14/h6-7,9H,8H2,1-5H3. The molecule has 0 aliphatic rings. The van der Waals surface area contributed by atoms with E-state index in [1.807, 2.05) is 10.7 Å². The van der Waals surface area contributed by atoms with E-state index >= 15 is 0 Å². The van der Waals surface area contributed by atoms with Gasteiger partial charge in [-0.25, -0.2) is 9.50 Å². The zero-order valence-electron chi connectivity index (χ0n) is 13.0. The summed E-state index contributed by atoms with van der Waals surface area (Å²) in [6.45, 7) is 9.57. The highest BCUT2D eigenvalue weighted by atomic mass is 32.1. The van der Waals surface area contributed by atoms with Gasteiger partial charge in [-0.15, -0.1) is 16.4 Å². The molecule has 0 fully saturated rings. The van der Waals surface area contributed by atoms with Crippen LogP contribution in [-0.4, -0.2) is 21.6 Å². The number of hydrogen-bond acceptors (Lipinski definition) is 5. The summed E-state index contributed by atoms with van der Waals surface area (Å²) >= 11 is 3.44. The van der Waals surface area contributed by atoms with Crippen LogP contribution < -0.4 is 4.90 Å². The summed E-state index contributed by atoms with van der Waals surface area (Å²) in [5.41, 5.74) is 2.50. The lowest BCUT2D eigenvalue weighted by Gasteiger charge is -2.15. The fourth-order valence-electron chi connectivity index (χ4n) is 2.05. The first-order valence-corrected chi connectivity index (χ1v) is 8.65. The maximum atomic E-state index is 4.70. The van der Waals surface area contributed by atoms with Gasteiger partial charge in [-0.2, -0.15) is 0 Å². The number of thiophene rings is 1. The topological polar surface area (TPSA) is 33.4 Å². The number of aryl methyl sites for hydroxylation is 1. The molecule has 0 amide bonds. The van der Waals surface area contributed by atoms with Crippen LogP contribution in [0.2, 0.25) is 0 Å². The molecule has 0 unspecified atom stereocenters. The van der Waals surface area contributed by atoms with Crippen LogP contribution in [0.25, 0.3) is 4.96 Å². The lowest BCUT2D eigenvalue weighted by atomic mass is 9.93. The number of aromatic nitrogens is 3.